The van der Waals surface area contributed by atoms with Gasteiger partial charge in [0.1, 0.15) is 5.00 Å². The quantitative estimate of drug-likeness (QED) is 0.299. The van der Waals surface area contributed by atoms with Crippen LogP contribution in [-0.2, 0) is 25.5 Å². The second kappa shape index (κ2) is 11.0. The van der Waals surface area contributed by atoms with Crippen molar-refractivity contribution in [2.45, 2.75) is 32.8 Å². The molecule has 35 heavy (non-hydrogen) atoms. The first-order chi connectivity index (χ1) is 17.0. The zero-order valence-electron chi connectivity index (χ0n) is 19.5. The minimum atomic E-state index is -1.03. The van der Waals surface area contributed by atoms with E-state index in [-0.39, 0.29) is 18.6 Å². The van der Waals surface area contributed by atoms with Crippen LogP contribution < -0.4 is 5.32 Å². The summed E-state index contributed by atoms with van der Waals surface area (Å²) < 4.78 is 10.5. The summed E-state index contributed by atoms with van der Waals surface area (Å²) >= 11 is 1.26. The maximum atomic E-state index is 12.8. The van der Waals surface area contributed by atoms with Crippen molar-refractivity contribution in [2.75, 3.05) is 11.9 Å². The molecule has 0 aliphatic heterocycles. The Bertz CT molecular complexity index is 1340. The minimum absolute atomic E-state index is 0.144. The molecule has 4 aromatic rings. The molecular formula is C27H26N2O5S. The highest BCUT2D eigenvalue weighted by Gasteiger charge is 2.24. The van der Waals surface area contributed by atoms with Gasteiger partial charge in [0.2, 0.25) is 0 Å². The lowest BCUT2D eigenvalue weighted by Crippen LogP contribution is -2.30. The zero-order valence-corrected chi connectivity index (χ0v) is 20.3. The standard InChI is InChI=1S/C27H26N2O5S/c1-3-33-27(32)21-15-23(18-9-5-4-6-10-18)35-26(21)29-25(31)17(2)34-24(30)14-13-19-16-28-22-12-8-7-11-20(19)22/h4-12,15-17,28H,3,13-14H2,1-2H3,(H,29,31). The summed E-state index contributed by atoms with van der Waals surface area (Å²) in [5.74, 6) is -1.51. The highest BCUT2D eigenvalue weighted by molar-refractivity contribution is 7.20. The molecule has 0 radical (unpaired) electrons. The number of carbonyl (C=O) groups is 3. The van der Waals surface area contributed by atoms with Gasteiger partial charge < -0.3 is 19.8 Å². The summed E-state index contributed by atoms with van der Waals surface area (Å²) in [6.45, 7) is 3.44. The highest BCUT2D eigenvalue weighted by Crippen LogP contribution is 2.36. The average molecular weight is 491 g/mol. The predicted octanol–water partition coefficient (Wildman–Crippen LogP) is 5.58. The molecule has 2 N–H and O–H groups in total. The van der Waals surface area contributed by atoms with E-state index in [0.29, 0.717) is 11.4 Å². The molecule has 0 aliphatic rings. The Labute approximate surface area is 207 Å². The number of nitrogens with one attached hydrogen (secondary N) is 2. The lowest BCUT2D eigenvalue weighted by atomic mass is 10.1. The fourth-order valence-corrected chi connectivity index (χ4v) is 4.74. The first kappa shape index (κ1) is 24.2. The van der Waals surface area contributed by atoms with Crippen molar-refractivity contribution < 1.29 is 23.9 Å². The van der Waals surface area contributed by atoms with Gasteiger partial charge in [-0.1, -0.05) is 48.5 Å². The Kier molecular flexibility index (Phi) is 7.62. The monoisotopic (exact) mass is 490 g/mol. The summed E-state index contributed by atoms with van der Waals surface area (Å²) in [7, 11) is 0. The number of rotatable bonds is 9. The van der Waals surface area contributed by atoms with Crippen molar-refractivity contribution in [3.8, 4) is 10.4 Å². The van der Waals surface area contributed by atoms with Crippen LogP contribution >= 0.6 is 11.3 Å². The summed E-state index contributed by atoms with van der Waals surface area (Å²) in [4.78, 5) is 41.7. The van der Waals surface area contributed by atoms with E-state index in [1.165, 1.54) is 18.3 Å². The van der Waals surface area contributed by atoms with Crippen molar-refractivity contribution in [3.05, 3.63) is 78.0 Å². The predicted molar refractivity (Wildman–Crippen MR) is 137 cm³/mol. The number of hydrogen-bond acceptors (Lipinski definition) is 6. The highest BCUT2D eigenvalue weighted by atomic mass is 32.1. The van der Waals surface area contributed by atoms with Crippen LogP contribution in [0.1, 0.15) is 36.2 Å². The second-order valence-electron chi connectivity index (χ2n) is 7.92. The fourth-order valence-electron chi connectivity index (χ4n) is 3.69. The maximum Gasteiger partial charge on any atom is 0.341 e. The van der Waals surface area contributed by atoms with Crippen LogP contribution in [0.5, 0.6) is 0 Å². The molecule has 8 heteroatoms. The van der Waals surface area contributed by atoms with Crippen molar-refractivity contribution in [1.29, 1.82) is 0 Å². The van der Waals surface area contributed by atoms with E-state index in [1.807, 2.05) is 60.8 Å². The number of carbonyl (C=O) groups excluding carboxylic acids is 3. The van der Waals surface area contributed by atoms with Gasteiger partial charge in [-0.15, -0.1) is 11.3 Å². The smallest absolute Gasteiger partial charge is 0.341 e. The van der Waals surface area contributed by atoms with Crippen LogP contribution in [0.15, 0.2) is 66.9 Å². The number of benzene rings is 2. The van der Waals surface area contributed by atoms with E-state index in [0.717, 1.165) is 26.9 Å². The fraction of sp³-hybridized carbons (Fsp3) is 0.222. The Hall–Kier alpha value is -3.91. The Balaban J connectivity index is 1.40. The summed E-state index contributed by atoms with van der Waals surface area (Å²) in [5.41, 5.74) is 3.20. The third kappa shape index (κ3) is 5.78. The number of fused-ring (bicyclic) bond motifs is 1. The second-order valence-corrected chi connectivity index (χ2v) is 8.97. The summed E-state index contributed by atoms with van der Waals surface area (Å²) in [5, 5.41) is 4.15. The molecule has 0 saturated heterocycles. The first-order valence-corrected chi connectivity index (χ1v) is 12.2. The number of hydrogen-bond donors (Lipinski definition) is 2. The SMILES string of the molecule is CCOC(=O)c1cc(-c2ccccc2)sc1NC(=O)C(C)OC(=O)CCc1c[nH]c2ccccc12. The molecule has 4 rings (SSSR count). The molecule has 0 saturated carbocycles. The Morgan fingerprint density at radius 1 is 1.06 bits per heavy atom. The largest absolute Gasteiger partial charge is 0.462 e. The molecule has 0 bridgehead atoms. The Morgan fingerprint density at radius 2 is 1.80 bits per heavy atom. The molecule has 1 atom stereocenters. The van der Waals surface area contributed by atoms with E-state index in [1.54, 1.807) is 13.0 Å². The molecule has 0 aliphatic carbocycles. The molecule has 2 heterocycles. The van der Waals surface area contributed by atoms with Crippen LogP contribution in [0.2, 0.25) is 0 Å². The molecular weight excluding hydrogens is 464 g/mol. The molecule has 1 unspecified atom stereocenters. The minimum Gasteiger partial charge on any atom is -0.462 e. The van der Waals surface area contributed by atoms with Gasteiger partial charge in [0, 0.05) is 28.4 Å². The van der Waals surface area contributed by atoms with Crippen LogP contribution in [-0.4, -0.2) is 35.5 Å². The molecule has 2 aromatic carbocycles. The van der Waals surface area contributed by atoms with E-state index in [9.17, 15) is 14.4 Å². The van der Waals surface area contributed by atoms with Crippen molar-refractivity contribution >= 4 is 45.1 Å². The normalized spacial score (nSPS) is 11.7. The molecule has 0 fully saturated rings. The van der Waals surface area contributed by atoms with Gasteiger partial charge in [0.25, 0.3) is 5.91 Å². The maximum absolute atomic E-state index is 12.8. The average Bonchev–Trinajstić information content (AvgIpc) is 3.48. The number of H-pyrrole nitrogens is 1. The van der Waals surface area contributed by atoms with Gasteiger partial charge >= 0.3 is 11.9 Å². The number of aryl methyl sites for hydroxylation is 1. The van der Waals surface area contributed by atoms with Crippen molar-refractivity contribution in [3.63, 3.8) is 0 Å². The number of anilines is 1. The number of aromatic amines is 1. The number of para-hydroxylation sites is 1. The van der Waals surface area contributed by atoms with Crippen LogP contribution in [0.3, 0.4) is 0 Å². The zero-order chi connectivity index (χ0) is 24.8. The Morgan fingerprint density at radius 3 is 2.57 bits per heavy atom. The van der Waals surface area contributed by atoms with Crippen molar-refractivity contribution in [1.82, 2.24) is 4.98 Å². The molecule has 0 spiro atoms. The van der Waals surface area contributed by atoms with Crippen LogP contribution in [0, 0.1) is 0 Å². The molecule has 7 nitrogen and oxygen atoms in total. The van der Waals surface area contributed by atoms with Crippen LogP contribution in [0.25, 0.3) is 21.3 Å². The third-order valence-corrected chi connectivity index (χ3v) is 6.57. The van der Waals surface area contributed by atoms with E-state index < -0.39 is 23.9 Å². The van der Waals surface area contributed by atoms with E-state index in [4.69, 9.17) is 9.47 Å². The van der Waals surface area contributed by atoms with Crippen LogP contribution in [0.4, 0.5) is 5.00 Å². The number of ether oxygens (including phenoxy) is 2. The van der Waals surface area contributed by atoms with E-state index in [2.05, 4.69) is 10.3 Å². The van der Waals surface area contributed by atoms with Gasteiger partial charge in [-0.25, -0.2) is 4.79 Å². The number of amides is 1. The van der Waals surface area contributed by atoms with Crippen molar-refractivity contribution in [2.24, 2.45) is 0 Å². The first-order valence-electron chi connectivity index (χ1n) is 11.4. The molecule has 2 aromatic heterocycles. The van der Waals surface area contributed by atoms with Gasteiger partial charge in [-0.3, -0.25) is 9.59 Å². The topological polar surface area (TPSA) is 97.5 Å². The summed E-state index contributed by atoms with van der Waals surface area (Å²) in [6, 6.07) is 19.1. The number of aromatic nitrogens is 1. The van der Waals surface area contributed by atoms with E-state index >= 15 is 0 Å². The van der Waals surface area contributed by atoms with Gasteiger partial charge in [-0.05, 0) is 43.5 Å². The summed E-state index contributed by atoms with van der Waals surface area (Å²) in [6.07, 6.45) is 1.50. The number of thiophene rings is 1. The van der Waals surface area contributed by atoms with Gasteiger partial charge in [-0.2, -0.15) is 0 Å². The number of esters is 2. The van der Waals surface area contributed by atoms with Gasteiger partial charge in [0.05, 0.1) is 12.2 Å². The van der Waals surface area contributed by atoms with Gasteiger partial charge in [0.15, 0.2) is 6.10 Å². The molecule has 1 amide bonds. The molecule has 180 valence electrons. The lowest BCUT2D eigenvalue weighted by molar-refractivity contribution is -0.153. The third-order valence-electron chi connectivity index (χ3n) is 5.47. The lowest BCUT2D eigenvalue weighted by Gasteiger charge is -2.13.